The summed E-state index contributed by atoms with van der Waals surface area (Å²) in [6.07, 6.45) is 1.87. The standard InChI is InChI=1S/C17H18ClNO2/c18-11-12-7-9-19(10-8-12)17(21)15-6-5-13-3-1-2-4-14(13)16(15)20/h1-6,12,20H,7-11H2. The van der Waals surface area contributed by atoms with E-state index >= 15 is 0 Å². The van der Waals surface area contributed by atoms with Crippen LogP contribution in [0.5, 0.6) is 5.75 Å². The fraction of sp³-hybridized carbons (Fsp3) is 0.353. The maximum atomic E-state index is 12.6. The number of phenols is 1. The molecule has 1 aliphatic heterocycles. The van der Waals surface area contributed by atoms with Crippen molar-refractivity contribution >= 4 is 28.3 Å². The van der Waals surface area contributed by atoms with E-state index < -0.39 is 0 Å². The van der Waals surface area contributed by atoms with Gasteiger partial charge < -0.3 is 10.0 Å². The van der Waals surface area contributed by atoms with Crippen LogP contribution >= 0.6 is 11.6 Å². The van der Waals surface area contributed by atoms with E-state index in [4.69, 9.17) is 11.6 Å². The third kappa shape index (κ3) is 2.70. The Balaban J connectivity index is 1.87. The van der Waals surface area contributed by atoms with E-state index in [0.29, 0.717) is 30.5 Å². The number of likely N-dealkylation sites (tertiary alicyclic amines) is 1. The van der Waals surface area contributed by atoms with Gasteiger partial charge in [-0.2, -0.15) is 0 Å². The van der Waals surface area contributed by atoms with E-state index in [-0.39, 0.29) is 11.7 Å². The van der Waals surface area contributed by atoms with E-state index in [1.165, 1.54) is 0 Å². The van der Waals surface area contributed by atoms with Crippen LogP contribution in [0.2, 0.25) is 0 Å². The number of nitrogens with zero attached hydrogens (tertiary/aromatic N) is 1. The first-order valence-electron chi connectivity index (χ1n) is 7.26. The van der Waals surface area contributed by atoms with Crippen molar-refractivity contribution in [1.29, 1.82) is 0 Å². The van der Waals surface area contributed by atoms with Gasteiger partial charge in [0.15, 0.2) is 0 Å². The number of halogens is 1. The summed E-state index contributed by atoms with van der Waals surface area (Å²) in [7, 11) is 0. The Morgan fingerprint density at radius 3 is 2.62 bits per heavy atom. The quantitative estimate of drug-likeness (QED) is 0.861. The van der Waals surface area contributed by atoms with Crippen LogP contribution in [0.25, 0.3) is 10.8 Å². The zero-order chi connectivity index (χ0) is 14.8. The predicted molar refractivity (Wildman–Crippen MR) is 85.0 cm³/mol. The highest BCUT2D eigenvalue weighted by molar-refractivity contribution is 6.18. The number of benzene rings is 2. The average molecular weight is 304 g/mol. The molecular formula is C17H18ClNO2. The number of phenolic OH excluding ortho intramolecular Hbond substituents is 1. The molecule has 0 bridgehead atoms. The lowest BCUT2D eigenvalue weighted by Crippen LogP contribution is -2.38. The second-order valence-corrected chi connectivity index (χ2v) is 5.88. The van der Waals surface area contributed by atoms with Crippen LogP contribution in [0.3, 0.4) is 0 Å². The number of piperidine rings is 1. The van der Waals surface area contributed by atoms with Gasteiger partial charge in [0, 0.05) is 24.4 Å². The number of carbonyl (C=O) groups excluding carboxylic acids is 1. The zero-order valence-corrected chi connectivity index (χ0v) is 12.5. The summed E-state index contributed by atoms with van der Waals surface area (Å²) >= 11 is 5.87. The molecule has 1 aliphatic rings. The molecule has 1 saturated heterocycles. The van der Waals surface area contributed by atoms with Crippen LogP contribution in [0, 0.1) is 5.92 Å². The molecule has 2 aromatic carbocycles. The van der Waals surface area contributed by atoms with E-state index in [1.807, 2.05) is 35.2 Å². The number of hydrogen-bond donors (Lipinski definition) is 1. The van der Waals surface area contributed by atoms with E-state index in [1.54, 1.807) is 6.07 Å². The van der Waals surface area contributed by atoms with Gasteiger partial charge in [-0.05, 0) is 30.2 Å². The normalized spacial score (nSPS) is 16.3. The SMILES string of the molecule is O=C(c1ccc2ccccc2c1O)N1CCC(CCl)CC1. The summed E-state index contributed by atoms with van der Waals surface area (Å²) < 4.78 is 0. The molecule has 1 heterocycles. The number of fused-ring (bicyclic) bond motifs is 1. The molecule has 0 unspecified atom stereocenters. The van der Waals surface area contributed by atoms with Crippen molar-refractivity contribution in [3.8, 4) is 5.75 Å². The third-order valence-corrected chi connectivity index (χ3v) is 4.69. The molecule has 110 valence electrons. The number of amides is 1. The summed E-state index contributed by atoms with van der Waals surface area (Å²) in [6.45, 7) is 1.42. The summed E-state index contributed by atoms with van der Waals surface area (Å²) in [4.78, 5) is 14.4. The van der Waals surface area contributed by atoms with Crippen LogP contribution in [0.4, 0.5) is 0 Å². The maximum absolute atomic E-state index is 12.6. The molecule has 3 nitrogen and oxygen atoms in total. The first kappa shape index (κ1) is 14.2. The smallest absolute Gasteiger partial charge is 0.257 e. The summed E-state index contributed by atoms with van der Waals surface area (Å²) in [5.74, 6) is 1.15. The third-order valence-electron chi connectivity index (χ3n) is 4.25. The summed E-state index contributed by atoms with van der Waals surface area (Å²) in [5.41, 5.74) is 0.387. The second kappa shape index (κ2) is 5.94. The predicted octanol–water partition coefficient (Wildman–Crippen LogP) is 3.64. The van der Waals surface area contributed by atoms with Gasteiger partial charge in [0.1, 0.15) is 5.75 Å². The highest BCUT2D eigenvalue weighted by atomic mass is 35.5. The second-order valence-electron chi connectivity index (χ2n) is 5.57. The number of carbonyl (C=O) groups is 1. The van der Waals surface area contributed by atoms with Crippen LogP contribution in [-0.4, -0.2) is 34.9 Å². The van der Waals surface area contributed by atoms with Crippen molar-refractivity contribution in [2.24, 2.45) is 5.92 Å². The average Bonchev–Trinajstić information content (AvgIpc) is 2.55. The Labute approximate surface area is 129 Å². The molecule has 1 N–H and O–H groups in total. The minimum atomic E-state index is -0.0914. The number of aromatic hydroxyl groups is 1. The fourth-order valence-corrected chi connectivity index (χ4v) is 3.20. The number of rotatable bonds is 2. The summed E-state index contributed by atoms with van der Waals surface area (Å²) in [5, 5.41) is 12.0. The van der Waals surface area contributed by atoms with Gasteiger partial charge in [-0.1, -0.05) is 30.3 Å². The van der Waals surface area contributed by atoms with E-state index in [9.17, 15) is 9.90 Å². The molecule has 0 aromatic heterocycles. The Kier molecular flexibility index (Phi) is 4.02. The van der Waals surface area contributed by atoms with Crippen molar-refractivity contribution in [3.05, 3.63) is 42.0 Å². The van der Waals surface area contributed by atoms with Crippen molar-refractivity contribution in [2.45, 2.75) is 12.8 Å². The molecule has 21 heavy (non-hydrogen) atoms. The first-order valence-corrected chi connectivity index (χ1v) is 7.80. The van der Waals surface area contributed by atoms with Gasteiger partial charge in [-0.3, -0.25) is 4.79 Å². The van der Waals surface area contributed by atoms with Gasteiger partial charge >= 0.3 is 0 Å². The van der Waals surface area contributed by atoms with Gasteiger partial charge in [0.05, 0.1) is 5.56 Å². The van der Waals surface area contributed by atoms with Crippen LogP contribution in [0.1, 0.15) is 23.2 Å². The van der Waals surface area contributed by atoms with Gasteiger partial charge in [0.25, 0.3) is 5.91 Å². The zero-order valence-electron chi connectivity index (χ0n) is 11.8. The van der Waals surface area contributed by atoms with Gasteiger partial charge in [-0.25, -0.2) is 0 Å². The monoisotopic (exact) mass is 303 g/mol. The van der Waals surface area contributed by atoms with Gasteiger partial charge in [-0.15, -0.1) is 11.6 Å². The minimum absolute atomic E-state index is 0.0811. The first-order chi connectivity index (χ1) is 10.2. The van der Waals surface area contributed by atoms with Crippen LogP contribution < -0.4 is 0 Å². The van der Waals surface area contributed by atoms with Crippen molar-refractivity contribution < 1.29 is 9.90 Å². The fourth-order valence-electron chi connectivity index (χ4n) is 2.89. The molecule has 0 atom stereocenters. The highest BCUT2D eigenvalue weighted by Crippen LogP contribution is 2.30. The Hall–Kier alpha value is -1.74. The highest BCUT2D eigenvalue weighted by Gasteiger charge is 2.25. The molecule has 0 saturated carbocycles. The molecule has 0 aliphatic carbocycles. The topological polar surface area (TPSA) is 40.5 Å². The molecule has 0 radical (unpaired) electrons. The van der Waals surface area contributed by atoms with Crippen LogP contribution in [-0.2, 0) is 0 Å². The molecule has 1 fully saturated rings. The van der Waals surface area contributed by atoms with Gasteiger partial charge in [0.2, 0.25) is 0 Å². The number of hydrogen-bond acceptors (Lipinski definition) is 2. The lowest BCUT2D eigenvalue weighted by molar-refractivity contribution is 0.0695. The van der Waals surface area contributed by atoms with Crippen LogP contribution in [0.15, 0.2) is 36.4 Å². The minimum Gasteiger partial charge on any atom is -0.506 e. The Bertz CT molecular complexity index is 663. The lowest BCUT2D eigenvalue weighted by Gasteiger charge is -2.31. The number of alkyl halides is 1. The van der Waals surface area contributed by atoms with E-state index in [2.05, 4.69) is 0 Å². The lowest BCUT2D eigenvalue weighted by atomic mass is 9.97. The Morgan fingerprint density at radius 1 is 1.19 bits per heavy atom. The molecule has 3 rings (SSSR count). The van der Waals surface area contributed by atoms with E-state index in [0.717, 1.165) is 23.6 Å². The molecular weight excluding hydrogens is 286 g/mol. The van der Waals surface area contributed by atoms with Crippen molar-refractivity contribution in [2.75, 3.05) is 19.0 Å². The molecule has 4 heteroatoms. The maximum Gasteiger partial charge on any atom is 0.257 e. The molecule has 0 spiro atoms. The molecule has 2 aromatic rings. The largest absolute Gasteiger partial charge is 0.506 e. The Morgan fingerprint density at radius 2 is 1.90 bits per heavy atom. The summed E-state index contributed by atoms with van der Waals surface area (Å²) in [6, 6.07) is 11.1. The van der Waals surface area contributed by atoms with Crippen molar-refractivity contribution in [1.82, 2.24) is 4.90 Å². The molecule has 1 amide bonds. The van der Waals surface area contributed by atoms with Crippen molar-refractivity contribution in [3.63, 3.8) is 0 Å².